The number of hydrogen-bond donors (Lipinski definition) is 1. The number of halogens is 1. The van der Waals surface area contributed by atoms with Gasteiger partial charge in [-0.3, -0.25) is 10.00 Å². The number of aromatic amines is 1. The molecule has 4 heteroatoms. The maximum Gasteiger partial charge on any atom is 0.0650 e. The van der Waals surface area contributed by atoms with Crippen LogP contribution in [0.5, 0.6) is 0 Å². The van der Waals surface area contributed by atoms with Crippen LogP contribution in [0, 0.1) is 5.92 Å². The van der Waals surface area contributed by atoms with E-state index in [1.165, 1.54) is 35.9 Å². The summed E-state index contributed by atoms with van der Waals surface area (Å²) >= 11 is 6.11. The first-order valence-corrected chi connectivity index (χ1v) is 9.03. The highest BCUT2D eigenvalue weighted by Crippen LogP contribution is 2.24. The number of benzene rings is 2. The highest BCUT2D eigenvalue weighted by Gasteiger charge is 2.20. The van der Waals surface area contributed by atoms with Crippen LogP contribution in [0.15, 0.2) is 48.7 Å². The van der Waals surface area contributed by atoms with E-state index in [1.54, 1.807) is 0 Å². The van der Waals surface area contributed by atoms with Gasteiger partial charge in [0.2, 0.25) is 0 Å². The van der Waals surface area contributed by atoms with Crippen LogP contribution in [0.4, 0.5) is 0 Å². The summed E-state index contributed by atoms with van der Waals surface area (Å²) in [4.78, 5) is 2.57. The largest absolute Gasteiger partial charge is 0.299 e. The highest BCUT2D eigenvalue weighted by molar-refractivity contribution is 6.30. The predicted octanol–water partition coefficient (Wildman–Crippen LogP) is 4.67. The van der Waals surface area contributed by atoms with E-state index in [9.17, 15) is 0 Å². The molecule has 24 heavy (non-hydrogen) atoms. The van der Waals surface area contributed by atoms with Gasteiger partial charge in [0.1, 0.15) is 0 Å². The van der Waals surface area contributed by atoms with Crippen molar-refractivity contribution < 1.29 is 0 Å². The molecule has 2 heterocycles. The monoisotopic (exact) mass is 339 g/mol. The fourth-order valence-corrected chi connectivity index (χ4v) is 4.02. The molecule has 1 N–H and O–H groups in total. The van der Waals surface area contributed by atoms with E-state index in [0.717, 1.165) is 36.0 Å². The zero-order valence-electron chi connectivity index (χ0n) is 13.7. The fourth-order valence-electron chi connectivity index (χ4n) is 3.81. The number of nitrogens with one attached hydrogen (secondary N) is 1. The molecular formula is C20H22ClN3. The van der Waals surface area contributed by atoms with Crippen molar-refractivity contribution in [1.82, 2.24) is 15.1 Å². The number of likely N-dealkylation sites (tertiary alicyclic amines) is 1. The van der Waals surface area contributed by atoms with Crippen molar-refractivity contribution in [1.29, 1.82) is 0 Å². The lowest BCUT2D eigenvalue weighted by Gasteiger charge is -2.33. The van der Waals surface area contributed by atoms with Crippen molar-refractivity contribution >= 4 is 22.5 Å². The second-order valence-electron chi connectivity index (χ2n) is 6.87. The first kappa shape index (κ1) is 15.7. The number of hydrogen-bond acceptors (Lipinski definition) is 2. The Morgan fingerprint density at radius 2 is 2.12 bits per heavy atom. The molecule has 1 aliphatic heterocycles. The van der Waals surface area contributed by atoms with Gasteiger partial charge in [-0.25, -0.2) is 0 Å². The third kappa shape index (κ3) is 3.63. The number of nitrogens with zero attached hydrogens (tertiary/aromatic N) is 2. The third-order valence-electron chi connectivity index (χ3n) is 4.93. The summed E-state index contributed by atoms with van der Waals surface area (Å²) < 4.78 is 0. The van der Waals surface area contributed by atoms with Crippen molar-refractivity contribution in [2.45, 2.75) is 25.8 Å². The van der Waals surface area contributed by atoms with Crippen LogP contribution in [0.1, 0.15) is 24.0 Å². The molecule has 1 atom stereocenters. The Bertz CT molecular complexity index is 826. The molecule has 124 valence electrons. The van der Waals surface area contributed by atoms with E-state index in [-0.39, 0.29) is 0 Å². The van der Waals surface area contributed by atoms with Gasteiger partial charge >= 0.3 is 0 Å². The molecule has 0 unspecified atom stereocenters. The van der Waals surface area contributed by atoms with Gasteiger partial charge in [-0.05, 0) is 67.1 Å². The first-order chi connectivity index (χ1) is 11.8. The lowest BCUT2D eigenvalue weighted by molar-refractivity contribution is 0.167. The Morgan fingerprint density at radius 3 is 3.04 bits per heavy atom. The molecule has 0 saturated carbocycles. The van der Waals surface area contributed by atoms with Gasteiger partial charge in [-0.15, -0.1) is 0 Å². The lowest BCUT2D eigenvalue weighted by Crippen LogP contribution is -2.35. The second-order valence-corrected chi connectivity index (χ2v) is 7.31. The quantitative estimate of drug-likeness (QED) is 0.749. The van der Waals surface area contributed by atoms with E-state index >= 15 is 0 Å². The third-order valence-corrected chi connectivity index (χ3v) is 5.16. The fraction of sp³-hybridized carbons (Fsp3) is 0.350. The van der Waals surface area contributed by atoms with Crippen LogP contribution in [0.2, 0.25) is 5.02 Å². The maximum absolute atomic E-state index is 6.11. The average molecular weight is 340 g/mol. The van der Waals surface area contributed by atoms with Gasteiger partial charge in [0.15, 0.2) is 0 Å². The summed E-state index contributed by atoms with van der Waals surface area (Å²) in [6.45, 7) is 3.34. The minimum absolute atomic E-state index is 0.724. The normalized spacial score (nSPS) is 19.0. The number of rotatable bonds is 4. The molecule has 3 aromatic rings. The molecule has 2 aromatic carbocycles. The predicted molar refractivity (Wildman–Crippen MR) is 99.3 cm³/mol. The average Bonchev–Trinajstić information content (AvgIpc) is 3.03. The first-order valence-electron chi connectivity index (χ1n) is 8.65. The van der Waals surface area contributed by atoms with Crippen molar-refractivity contribution in [3.05, 3.63) is 64.8 Å². The van der Waals surface area contributed by atoms with Gasteiger partial charge in [0, 0.05) is 23.5 Å². The Morgan fingerprint density at radius 1 is 1.17 bits per heavy atom. The standard InChI is InChI=1S/C20H22ClN3/c21-19-5-1-3-17(11-19)14-24-8-2-4-16(13-24)9-15-6-7-20-18(10-15)12-22-23-20/h1,3,5-7,10-12,16H,2,4,8-9,13-14H2,(H,22,23)/t16-/m0/s1. The highest BCUT2D eigenvalue weighted by atomic mass is 35.5. The second kappa shape index (κ2) is 6.96. The van der Waals surface area contributed by atoms with Crippen LogP contribution >= 0.6 is 11.6 Å². The van der Waals surface area contributed by atoms with Crippen molar-refractivity contribution in [2.24, 2.45) is 5.92 Å². The number of piperidine rings is 1. The molecule has 1 aromatic heterocycles. The van der Waals surface area contributed by atoms with Gasteiger partial charge in [-0.1, -0.05) is 29.8 Å². The Balaban J connectivity index is 1.40. The number of H-pyrrole nitrogens is 1. The molecular weight excluding hydrogens is 318 g/mol. The zero-order chi connectivity index (χ0) is 16.4. The summed E-state index contributed by atoms with van der Waals surface area (Å²) in [5, 5.41) is 9.17. The van der Waals surface area contributed by atoms with Crippen LogP contribution < -0.4 is 0 Å². The summed E-state index contributed by atoms with van der Waals surface area (Å²) in [6.07, 6.45) is 5.65. The Kier molecular flexibility index (Phi) is 4.54. The molecule has 1 fully saturated rings. The summed E-state index contributed by atoms with van der Waals surface area (Å²) in [6, 6.07) is 14.9. The maximum atomic E-state index is 6.11. The molecule has 3 nitrogen and oxygen atoms in total. The van der Waals surface area contributed by atoms with Gasteiger partial charge in [0.25, 0.3) is 0 Å². The molecule has 0 amide bonds. The van der Waals surface area contributed by atoms with Gasteiger partial charge in [-0.2, -0.15) is 5.10 Å². The van der Waals surface area contributed by atoms with E-state index in [4.69, 9.17) is 11.6 Å². The van der Waals surface area contributed by atoms with E-state index < -0.39 is 0 Å². The molecule has 0 bridgehead atoms. The topological polar surface area (TPSA) is 31.9 Å². The van der Waals surface area contributed by atoms with Crippen molar-refractivity contribution in [3.63, 3.8) is 0 Å². The molecule has 0 radical (unpaired) electrons. The summed E-state index contributed by atoms with van der Waals surface area (Å²) in [7, 11) is 0. The van der Waals surface area contributed by atoms with Gasteiger partial charge in [0.05, 0.1) is 11.7 Å². The summed E-state index contributed by atoms with van der Waals surface area (Å²) in [5.41, 5.74) is 3.84. The SMILES string of the molecule is Clc1cccc(CN2CCC[C@@H](Cc3ccc4[nH]ncc4c3)C2)c1. The molecule has 4 rings (SSSR count). The number of fused-ring (bicyclic) bond motifs is 1. The van der Waals surface area contributed by atoms with Crippen molar-refractivity contribution in [3.8, 4) is 0 Å². The minimum Gasteiger partial charge on any atom is -0.299 e. The number of aromatic nitrogens is 2. The van der Waals surface area contributed by atoms with Gasteiger partial charge < -0.3 is 0 Å². The van der Waals surface area contributed by atoms with Crippen molar-refractivity contribution in [2.75, 3.05) is 13.1 Å². The Hall–Kier alpha value is -1.84. The Labute approximate surface area is 147 Å². The van der Waals surface area contributed by atoms with Crippen LogP contribution in [-0.2, 0) is 13.0 Å². The minimum atomic E-state index is 0.724. The van der Waals surface area contributed by atoms with E-state index in [2.05, 4.69) is 45.4 Å². The molecule has 0 spiro atoms. The molecule has 0 aliphatic carbocycles. The van der Waals surface area contributed by atoms with E-state index in [1.807, 2.05) is 18.3 Å². The van der Waals surface area contributed by atoms with E-state index in [0.29, 0.717) is 0 Å². The summed E-state index contributed by atoms with van der Waals surface area (Å²) in [5.74, 6) is 0.724. The van der Waals surface area contributed by atoms with Crippen LogP contribution in [-0.4, -0.2) is 28.2 Å². The van der Waals surface area contributed by atoms with Crippen LogP contribution in [0.3, 0.4) is 0 Å². The lowest BCUT2D eigenvalue weighted by atomic mass is 9.90. The molecule has 1 saturated heterocycles. The van der Waals surface area contributed by atoms with Crippen LogP contribution in [0.25, 0.3) is 10.9 Å². The smallest absolute Gasteiger partial charge is 0.0650 e. The molecule has 1 aliphatic rings. The zero-order valence-corrected chi connectivity index (χ0v) is 14.5.